The molecule has 0 aliphatic rings. The minimum absolute atomic E-state index is 0.0227. The second-order valence-electron chi connectivity index (χ2n) is 2.91. The maximum atomic E-state index is 13.0. The van der Waals surface area contributed by atoms with Gasteiger partial charge in [-0.25, -0.2) is 4.39 Å². The summed E-state index contributed by atoms with van der Waals surface area (Å²) in [6.45, 7) is 0. The van der Waals surface area contributed by atoms with Crippen LogP contribution in [0.15, 0.2) is 12.1 Å². The van der Waals surface area contributed by atoms with Gasteiger partial charge in [0.2, 0.25) is 0 Å². The predicted molar refractivity (Wildman–Crippen MR) is 59.8 cm³/mol. The molecule has 15 heavy (non-hydrogen) atoms. The van der Waals surface area contributed by atoms with Crippen LogP contribution in [0.4, 0.5) is 4.39 Å². The predicted octanol–water partition coefficient (Wildman–Crippen LogP) is 3.09. The Bertz CT molecular complexity index is 382. The molecule has 0 saturated carbocycles. The van der Waals surface area contributed by atoms with Gasteiger partial charge in [-0.15, -0.1) is 0 Å². The Balaban J connectivity index is 3.09. The molecule has 0 N–H and O–H groups in total. The summed E-state index contributed by atoms with van der Waals surface area (Å²) in [4.78, 5) is 11.1. The third-order valence-corrected chi connectivity index (χ3v) is 2.85. The molecular formula is C10H9BrClFO2. The van der Waals surface area contributed by atoms with Crippen molar-refractivity contribution in [3.8, 4) is 0 Å². The number of halogens is 3. The smallest absolute Gasteiger partial charge is 0.309 e. The van der Waals surface area contributed by atoms with Crippen LogP contribution in [-0.4, -0.2) is 13.1 Å². The van der Waals surface area contributed by atoms with Crippen LogP contribution in [-0.2, 0) is 21.3 Å². The van der Waals surface area contributed by atoms with Crippen molar-refractivity contribution in [3.05, 3.63) is 34.1 Å². The summed E-state index contributed by atoms with van der Waals surface area (Å²) in [5.74, 6) is -0.873. The van der Waals surface area contributed by atoms with Gasteiger partial charge in [-0.2, -0.15) is 0 Å². The molecular weight excluding hydrogens is 286 g/mol. The number of hydrogen-bond donors (Lipinski definition) is 0. The van der Waals surface area contributed by atoms with E-state index in [0.29, 0.717) is 21.5 Å². The molecule has 5 heteroatoms. The molecule has 1 aromatic rings. The number of rotatable bonds is 3. The number of benzene rings is 1. The van der Waals surface area contributed by atoms with E-state index in [-0.39, 0.29) is 6.42 Å². The normalized spacial score (nSPS) is 10.1. The van der Waals surface area contributed by atoms with Gasteiger partial charge in [0.1, 0.15) is 5.82 Å². The topological polar surface area (TPSA) is 26.3 Å². The summed E-state index contributed by atoms with van der Waals surface area (Å²) in [7, 11) is 1.29. The first-order valence-corrected chi connectivity index (χ1v) is 5.68. The van der Waals surface area contributed by atoms with Gasteiger partial charge in [0.15, 0.2) is 0 Å². The summed E-state index contributed by atoms with van der Waals surface area (Å²) in [6.07, 6.45) is 0.0227. The van der Waals surface area contributed by atoms with Crippen molar-refractivity contribution in [1.82, 2.24) is 0 Å². The van der Waals surface area contributed by atoms with E-state index < -0.39 is 11.8 Å². The molecule has 0 spiro atoms. The third kappa shape index (κ3) is 3.18. The number of carbonyl (C=O) groups excluding carboxylic acids is 1. The molecule has 0 fully saturated rings. The van der Waals surface area contributed by atoms with Crippen LogP contribution in [0.3, 0.4) is 0 Å². The molecule has 82 valence electrons. The van der Waals surface area contributed by atoms with Crippen molar-refractivity contribution in [3.63, 3.8) is 0 Å². The van der Waals surface area contributed by atoms with E-state index in [1.54, 1.807) is 0 Å². The highest BCUT2D eigenvalue weighted by molar-refractivity contribution is 9.08. The number of carbonyl (C=O) groups is 1. The highest BCUT2D eigenvalue weighted by atomic mass is 79.9. The molecule has 0 saturated heterocycles. The van der Waals surface area contributed by atoms with Gasteiger partial charge in [0, 0.05) is 10.4 Å². The largest absolute Gasteiger partial charge is 0.469 e. The van der Waals surface area contributed by atoms with Crippen molar-refractivity contribution in [2.24, 2.45) is 0 Å². The fraction of sp³-hybridized carbons (Fsp3) is 0.300. The Labute approximate surface area is 101 Å². The molecule has 0 atom stereocenters. The average molecular weight is 296 g/mol. The summed E-state index contributed by atoms with van der Waals surface area (Å²) in [5, 5.41) is 0.782. The van der Waals surface area contributed by atoms with Gasteiger partial charge in [-0.05, 0) is 23.3 Å². The second-order valence-corrected chi connectivity index (χ2v) is 3.88. The van der Waals surface area contributed by atoms with Crippen molar-refractivity contribution in [1.29, 1.82) is 0 Å². The summed E-state index contributed by atoms with van der Waals surface area (Å²) >= 11 is 9.08. The fourth-order valence-corrected chi connectivity index (χ4v) is 2.31. The molecule has 0 heterocycles. The van der Waals surface area contributed by atoms with Crippen molar-refractivity contribution in [2.45, 2.75) is 11.8 Å². The van der Waals surface area contributed by atoms with Crippen molar-refractivity contribution >= 4 is 33.5 Å². The lowest BCUT2D eigenvalue weighted by atomic mass is 10.1. The van der Waals surface area contributed by atoms with Gasteiger partial charge >= 0.3 is 5.97 Å². The quantitative estimate of drug-likeness (QED) is 0.633. The Hall–Kier alpha value is -0.610. The Morgan fingerprint density at radius 2 is 2.27 bits per heavy atom. The molecule has 0 aromatic heterocycles. The van der Waals surface area contributed by atoms with E-state index in [9.17, 15) is 9.18 Å². The van der Waals surface area contributed by atoms with Gasteiger partial charge < -0.3 is 4.74 Å². The third-order valence-electron chi connectivity index (χ3n) is 1.95. The van der Waals surface area contributed by atoms with Crippen LogP contribution in [0.2, 0.25) is 5.02 Å². The van der Waals surface area contributed by atoms with Gasteiger partial charge in [-0.1, -0.05) is 27.5 Å². The summed E-state index contributed by atoms with van der Waals surface area (Å²) < 4.78 is 17.6. The molecule has 0 aliphatic heterocycles. The Kier molecular flexibility index (Phi) is 4.54. The Morgan fingerprint density at radius 3 is 2.80 bits per heavy atom. The van der Waals surface area contributed by atoms with Crippen molar-refractivity contribution in [2.75, 3.05) is 7.11 Å². The highest BCUT2D eigenvalue weighted by Gasteiger charge is 2.12. The zero-order valence-corrected chi connectivity index (χ0v) is 10.4. The molecule has 2 nitrogen and oxygen atoms in total. The second kappa shape index (κ2) is 5.47. The highest BCUT2D eigenvalue weighted by Crippen LogP contribution is 2.25. The molecule has 0 amide bonds. The average Bonchev–Trinajstić information content (AvgIpc) is 2.17. The lowest BCUT2D eigenvalue weighted by molar-refractivity contribution is -0.139. The number of methoxy groups -OCH3 is 1. The monoisotopic (exact) mass is 294 g/mol. The first-order chi connectivity index (χ1) is 7.08. The van der Waals surface area contributed by atoms with E-state index in [4.69, 9.17) is 11.6 Å². The van der Waals surface area contributed by atoms with Gasteiger partial charge in [-0.3, -0.25) is 4.79 Å². The molecule has 1 rings (SSSR count). The van der Waals surface area contributed by atoms with E-state index in [0.717, 1.165) is 0 Å². The van der Waals surface area contributed by atoms with E-state index in [1.807, 2.05) is 0 Å². The van der Waals surface area contributed by atoms with E-state index in [2.05, 4.69) is 20.7 Å². The number of alkyl halides is 1. The Morgan fingerprint density at radius 1 is 1.60 bits per heavy atom. The van der Waals surface area contributed by atoms with Crippen LogP contribution < -0.4 is 0 Å². The van der Waals surface area contributed by atoms with Gasteiger partial charge in [0.25, 0.3) is 0 Å². The molecule has 0 radical (unpaired) electrons. The minimum Gasteiger partial charge on any atom is -0.469 e. The maximum absolute atomic E-state index is 13.0. The fourth-order valence-electron chi connectivity index (χ4n) is 1.19. The molecule has 1 aromatic carbocycles. The van der Waals surface area contributed by atoms with Crippen LogP contribution >= 0.6 is 27.5 Å². The zero-order valence-electron chi connectivity index (χ0n) is 8.02. The SMILES string of the molecule is COC(=O)Cc1cc(F)cc(Cl)c1CBr. The molecule has 0 bridgehead atoms. The van der Waals surface area contributed by atoms with Crippen LogP contribution in [0.25, 0.3) is 0 Å². The number of esters is 1. The first kappa shape index (κ1) is 12.5. The van der Waals surface area contributed by atoms with Crippen LogP contribution in [0, 0.1) is 5.82 Å². The summed E-state index contributed by atoms with van der Waals surface area (Å²) in [6, 6.07) is 2.51. The minimum atomic E-state index is -0.455. The lowest BCUT2D eigenvalue weighted by Crippen LogP contribution is -2.07. The van der Waals surface area contributed by atoms with Crippen LogP contribution in [0.1, 0.15) is 11.1 Å². The van der Waals surface area contributed by atoms with Gasteiger partial charge in [0.05, 0.1) is 13.5 Å². The molecule has 0 aliphatic carbocycles. The molecule has 0 unspecified atom stereocenters. The van der Waals surface area contributed by atoms with E-state index >= 15 is 0 Å². The zero-order chi connectivity index (χ0) is 11.4. The summed E-state index contributed by atoms with van der Waals surface area (Å²) in [5.41, 5.74) is 1.26. The lowest BCUT2D eigenvalue weighted by Gasteiger charge is -2.08. The van der Waals surface area contributed by atoms with Crippen molar-refractivity contribution < 1.29 is 13.9 Å². The van der Waals surface area contributed by atoms with E-state index in [1.165, 1.54) is 19.2 Å². The number of hydrogen-bond acceptors (Lipinski definition) is 2. The maximum Gasteiger partial charge on any atom is 0.309 e. The number of ether oxygens (including phenoxy) is 1. The van der Waals surface area contributed by atoms with Crippen LogP contribution in [0.5, 0.6) is 0 Å². The standard InChI is InChI=1S/C10H9BrClFO2/c1-15-10(14)3-6-2-7(13)4-9(12)8(6)5-11/h2,4H,3,5H2,1H3. The first-order valence-electron chi connectivity index (χ1n) is 4.18.